The average molecular weight is 308 g/mol. The molecule has 0 aliphatic rings. The second-order valence-corrected chi connectivity index (χ2v) is 6.00. The van der Waals surface area contributed by atoms with Crippen LogP contribution in [-0.4, -0.2) is 27.4 Å². The zero-order valence-corrected chi connectivity index (χ0v) is 13.7. The number of rotatable bonds is 5. The van der Waals surface area contributed by atoms with Gasteiger partial charge in [0, 0.05) is 18.3 Å². The van der Waals surface area contributed by atoms with E-state index in [1.54, 1.807) is 0 Å². The van der Waals surface area contributed by atoms with E-state index in [1.165, 1.54) is 0 Å². The summed E-state index contributed by atoms with van der Waals surface area (Å²) in [5, 5.41) is 2.96. The smallest absolute Gasteiger partial charge is 0.243 e. The number of amides is 1. The molecule has 4 nitrogen and oxygen atoms in total. The van der Waals surface area contributed by atoms with Crippen LogP contribution in [0.15, 0.2) is 18.2 Å². The molecule has 0 fully saturated rings. The largest absolute Gasteiger partial charge is 0.352 e. The van der Waals surface area contributed by atoms with Crippen LogP contribution in [0.25, 0.3) is 11.0 Å². The molecule has 1 aromatic heterocycles. The lowest BCUT2D eigenvalue weighted by atomic mass is 10.2. The van der Waals surface area contributed by atoms with E-state index >= 15 is 0 Å². The maximum Gasteiger partial charge on any atom is 0.243 e. The Morgan fingerprint density at radius 1 is 1.38 bits per heavy atom. The number of imidazole rings is 1. The predicted molar refractivity (Wildman–Crippen MR) is 86.9 cm³/mol. The van der Waals surface area contributed by atoms with E-state index in [2.05, 4.69) is 10.3 Å². The van der Waals surface area contributed by atoms with Gasteiger partial charge in [0.15, 0.2) is 0 Å². The van der Waals surface area contributed by atoms with Gasteiger partial charge in [-0.15, -0.1) is 11.6 Å². The van der Waals surface area contributed by atoms with Crippen molar-refractivity contribution in [3.63, 3.8) is 0 Å². The fourth-order valence-corrected chi connectivity index (χ4v) is 2.74. The van der Waals surface area contributed by atoms with Crippen molar-refractivity contribution in [1.29, 1.82) is 0 Å². The van der Waals surface area contributed by atoms with Gasteiger partial charge < -0.3 is 9.88 Å². The van der Waals surface area contributed by atoms with E-state index in [0.717, 1.165) is 22.4 Å². The summed E-state index contributed by atoms with van der Waals surface area (Å²) in [4.78, 5) is 17.0. The number of aryl methyl sites for hydroxylation is 2. The highest BCUT2D eigenvalue weighted by atomic mass is 35.5. The topological polar surface area (TPSA) is 46.9 Å². The summed E-state index contributed by atoms with van der Waals surface area (Å²) in [5.74, 6) is 1.35. The molecule has 1 amide bonds. The third-order valence-electron chi connectivity index (χ3n) is 3.50. The second kappa shape index (κ2) is 6.48. The molecule has 1 heterocycles. The van der Waals surface area contributed by atoms with Crippen LogP contribution in [-0.2, 0) is 11.2 Å². The fourth-order valence-electron chi connectivity index (χ4n) is 2.57. The first kappa shape index (κ1) is 15.8. The van der Waals surface area contributed by atoms with Crippen molar-refractivity contribution >= 4 is 28.5 Å². The number of nitrogens with one attached hydrogen (secondary N) is 1. The van der Waals surface area contributed by atoms with Crippen molar-refractivity contribution in [1.82, 2.24) is 14.9 Å². The lowest BCUT2D eigenvalue weighted by molar-refractivity contribution is -0.124. The Kier molecular flexibility index (Phi) is 4.88. The molecular formula is C16H22ClN3O. The molecule has 5 heteroatoms. The van der Waals surface area contributed by atoms with Crippen LogP contribution in [0, 0.1) is 6.92 Å². The molecule has 2 rings (SSSR count). The first-order valence-electron chi connectivity index (χ1n) is 7.28. The molecule has 0 aliphatic carbocycles. The summed E-state index contributed by atoms with van der Waals surface area (Å²) in [7, 11) is 0. The highest BCUT2D eigenvalue weighted by Gasteiger charge is 2.22. The molecule has 0 aliphatic heterocycles. The predicted octanol–water partition coefficient (Wildman–Crippen LogP) is 3.21. The van der Waals surface area contributed by atoms with Crippen LogP contribution < -0.4 is 5.32 Å². The minimum atomic E-state index is -0.309. The monoisotopic (exact) mass is 307 g/mol. The Hall–Kier alpha value is -1.55. The minimum absolute atomic E-state index is 0.00313. The molecular weight excluding hydrogens is 286 g/mol. The lowest BCUT2D eigenvalue weighted by Gasteiger charge is -2.19. The van der Waals surface area contributed by atoms with Gasteiger partial charge in [0.05, 0.1) is 11.0 Å². The van der Waals surface area contributed by atoms with E-state index < -0.39 is 0 Å². The molecule has 0 saturated heterocycles. The van der Waals surface area contributed by atoms with Gasteiger partial charge in [0.1, 0.15) is 11.9 Å². The average Bonchev–Trinajstić information content (AvgIpc) is 2.77. The number of aromatic nitrogens is 2. The minimum Gasteiger partial charge on any atom is -0.352 e. The van der Waals surface area contributed by atoms with Gasteiger partial charge in [-0.3, -0.25) is 4.79 Å². The van der Waals surface area contributed by atoms with E-state index in [0.29, 0.717) is 12.3 Å². The van der Waals surface area contributed by atoms with Crippen LogP contribution in [0.4, 0.5) is 0 Å². The molecule has 2 aromatic rings. The van der Waals surface area contributed by atoms with Crippen molar-refractivity contribution < 1.29 is 4.79 Å². The number of hydrogen-bond donors (Lipinski definition) is 1. The van der Waals surface area contributed by atoms with Gasteiger partial charge in [0.25, 0.3) is 0 Å². The normalized spacial score (nSPS) is 12.9. The molecule has 0 bridgehead atoms. The van der Waals surface area contributed by atoms with E-state index in [-0.39, 0.29) is 18.0 Å². The number of para-hydroxylation sites is 1. The number of nitrogens with zero attached hydrogens (tertiary/aromatic N) is 2. The third kappa shape index (κ3) is 3.21. The van der Waals surface area contributed by atoms with Crippen LogP contribution in [0.1, 0.15) is 38.2 Å². The first-order chi connectivity index (χ1) is 9.95. The van der Waals surface area contributed by atoms with Crippen LogP contribution in [0.2, 0.25) is 0 Å². The number of benzene rings is 1. The summed E-state index contributed by atoms with van der Waals surface area (Å²) in [5.41, 5.74) is 3.05. The van der Waals surface area contributed by atoms with Gasteiger partial charge >= 0.3 is 0 Å². The molecule has 1 atom stereocenters. The Morgan fingerprint density at radius 3 is 2.71 bits per heavy atom. The quantitative estimate of drug-likeness (QED) is 0.862. The Bertz CT molecular complexity index is 648. The zero-order chi connectivity index (χ0) is 15.6. The van der Waals surface area contributed by atoms with Crippen molar-refractivity contribution in [2.75, 3.05) is 5.88 Å². The Balaban J connectivity index is 2.54. The molecule has 1 N–H and O–H groups in total. The molecule has 21 heavy (non-hydrogen) atoms. The SMILES string of the molecule is Cc1cccc2nc(CCCl)n(C(C)C(=O)NC(C)C)c12. The van der Waals surface area contributed by atoms with E-state index in [9.17, 15) is 4.79 Å². The van der Waals surface area contributed by atoms with Crippen LogP contribution in [0.3, 0.4) is 0 Å². The number of fused-ring (bicyclic) bond motifs is 1. The summed E-state index contributed by atoms with van der Waals surface area (Å²) in [6.45, 7) is 7.87. The molecule has 1 unspecified atom stereocenters. The molecule has 0 spiro atoms. The maximum absolute atomic E-state index is 12.4. The third-order valence-corrected chi connectivity index (χ3v) is 3.69. The van der Waals surface area contributed by atoms with Gasteiger partial charge in [-0.05, 0) is 39.3 Å². The Labute approximate surface area is 130 Å². The molecule has 0 saturated carbocycles. The second-order valence-electron chi connectivity index (χ2n) is 5.62. The summed E-state index contributed by atoms with van der Waals surface area (Å²) >= 11 is 5.89. The molecule has 1 aromatic carbocycles. The van der Waals surface area contributed by atoms with Gasteiger partial charge in [0.2, 0.25) is 5.91 Å². The Morgan fingerprint density at radius 2 is 2.10 bits per heavy atom. The number of halogens is 1. The van der Waals surface area contributed by atoms with Crippen molar-refractivity contribution in [2.24, 2.45) is 0 Å². The maximum atomic E-state index is 12.4. The van der Waals surface area contributed by atoms with Crippen LogP contribution >= 0.6 is 11.6 Å². The van der Waals surface area contributed by atoms with Gasteiger partial charge in [-0.25, -0.2) is 4.98 Å². The molecule has 0 radical (unpaired) electrons. The number of carbonyl (C=O) groups is 1. The van der Waals surface area contributed by atoms with Crippen molar-refractivity contribution in [3.05, 3.63) is 29.6 Å². The molecule has 114 valence electrons. The van der Waals surface area contributed by atoms with Crippen molar-refractivity contribution in [3.8, 4) is 0 Å². The lowest BCUT2D eigenvalue weighted by Crippen LogP contribution is -2.36. The first-order valence-corrected chi connectivity index (χ1v) is 7.82. The summed E-state index contributed by atoms with van der Waals surface area (Å²) in [6.07, 6.45) is 0.648. The summed E-state index contributed by atoms with van der Waals surface area (Å²) < 4.78 is 2.02. The van der Waals surface area contributed by atoms with Gasteiger partial charge in [-0.1, -0.05) is 12.1 Å². The zero-order valence-electron chi connectivity index (χ0n) is 13.0. The standard InChI is InChI=1S/C16H22ClN3O/c1-10(2)18-16(21)12(4)20-14(8-9-17)19-13-7-5-6-11(3)15(13)20/h5-7,10,12H,8-9H2,1-4H3,(H,18,21). The van der Waals surface area contributed by atoms with E-state index in [1.807, 2.05) is 50.5 Å². The van der Waals surface area contributed by atoms with Gasteiger partial charge in [-0.2, -0.15) is 0 Å². The number of hydrogen-bond acceptors (Lipinski definition) is 2. The van der Waals surface area contributed by atoms with Crippen LogP contribution in [0.5, 0.6) is 0 Å². The fraction of sp³-hybridized carbons (Fsp3) is 0.500. The highest BCUT2D eigenvalue weighted by Crippen LogP contribution is 2.25. The number of alkyl halides is 1. The van der Waals surface area contributed by atoms with Crippen molar-refractivity contribution in [2.45, 2.75) is 46.2 Å². The van der Waals surface area contributed by atoms with E-state index in [4.69, 9.17) is 11.6 Å². The number of carbonyl (C=O) groups excluding carboxylic acids is 1. The summed E-state index contributed by atoms with van der Waals surface area (Å²) in [6, 6.07) is 5.81. The highest BCUT2D eigenvalue weighted by molar-refractivity contribution is 6.17.